The largest absolute Gasteiger partial charge is 0.388 e. The fourth-order valence-corrected chi connectivity index (χ4v) is 3.41. The first-order valence-corrected chi connectivity index (χ1v) is 8.58. The summed E-state index contributed by atoms with van der Waals surface area (Å²) in [5.41, 5.74) is 0. The van der Waals surface area contributed by atoms with E-state index < -0.39 is 0 Å². The Kier molecular flexibility index (Phi) is 6.14. The molecule has 7 heteroatoms. The van der Waals surface area contributed by atoms with Gasteiger partial charge >= 0.3 is 0 Å². The lowest BCUT2D eigenvalue weighted by Crippen LogP contribution is -2.54. The molecule has 2 rings (SSSR count). The lowest BCUT2D eigenvalue weighted by molar-refractivity contribution is 0.0348. The molecule has 1 N–H and O–H groups in total. The maximum atomic E-state index is 9.50. The second kappa shape index (κ2) is 7.68. The van der Waals surface area contributed by atoms with Crippen molar-refractivity contribution in [1.29, 1.82) is 0 Å². The van der Waals surface area contributed by atoms with Crippen LogP contribution in [0.2, 0.25) is 0 Å². The molecule has 0 amide bonds. The number of nitrogens with zero attached hydrogens (tertiary/aromatic N) is 5. The maximum Gasteiger partial charge on any atom is 0.199 e. The SMILES string of the molecule is CCCn1c(CO)nn(CN2CCN(C)CC2C(C)C)c1=S. The van der Waals surface area contributed by atoms with E-state index in [9.17, 15) is 5.11 Å². The van der Waals surface area contributed by atoms with Crippen LogP contribution in [0.5, 0.6) is 0 Å². The van der Waals surface area contributed by atoms with Gasteiger partial charge in [-0.05, 0) is 31.6 Å². The summed E-state index contributed by atoms with van der Waals surface area (Å²) in [7, 11) is 2.18. The first-order chi connectivity index (χ1) is 10.5. The molecule has 2 heterocycles. The second-order valence-corrected chi connectivity index (χ2v) is 6.90. The minimum atomic E-state index is -0.0625. The Labute approximate surface area is 138 Å². The molecule has 0 spiro atoms. The molecule has 0 radical (unpaired) electrons. The van der Waals surface area contributed by atoms with Gasteiger partial charge in [0.1, 0.15) is 6.61 Å². The number of aliphatic hydroxyl groups excluding tert-OH is 1. The standard InChI is InChI=1S/C15H29N5OS/c1-5-6-19-14(10-21)16-20(15(19)22)11-18-8-7-17(4)9-13(18)12(2)3/h12-13,21H,5-11H2,1-4H3. The minimum Gasteiger partial charge on any atom is -0.388 e. The third-order valence-electron chi connectivity index (χ3n) is 4.41. The van der Waals surface area contributed by atoms with Crippen molar-refractivity contribution in [2.75, 3.05) is 26.7 Å². The van der Waals surface area contributed by atoms with Crippen molar-refractivity contribution in [3.05, 3.63) is 10.6 Å². The summed E-state index contributed by atoms with van der Waals surface area (Å²) in [4.78, 5) is 4.85. The van der Waals surface area contributed by atoms with Crippen LogP contribution in [0.3, 0.4) is 0 Å². The highest BCUT2D eigenvalue weighted by atomic mass is 32.1. The van der Waals surface area contributed by atoms with Crippen molar-refractivity contribution >= 4 is 12.2 Å². The number of aromatic nitrogens is 3. The summed E-state index contributed by atoms with van der Waals surface area (Å²) in [6, 6.07) is 0.509. The Hall–Kier alpha value is -0.760. The van der Waals surface area contributed by atoms with Gasteiger partial charge < -0.3 is 14.6 Å². The maximum absolute atomic E-state index is 9.50. The lowest BCUT2D eigenvalue weighted by atomic mass is 10.0. The van der Waals surface area contributed by atoms with E-state index in [0.29, 0.717) is 29.2 Å². The van der Waals surface area contributed by atoms with Gasteiger partial charge in [0.2, 0.25) is 0 Å². The third-order valence-corrected chi connectivity index (χ3v) is 4.84. The van der Waals surface area contributed by atoms with Gasteiger partial charge in [0.25, 0.3) is 0 Å². The van der Waals surface area contributed by atoms with E-state index in [1.165, 1.54) is 0 Å². The van der Waals surface area contributed by atoms with Crippen LogP contribution in [-0.2, 0) is 19.8 Å². The van der Waals surface area contributed by atoms with Crippen LogP contribution in [0.25, 0.3) is 0 Å². The van der Waals surface area contributed by atoms with Gasteiger partial charge in [-0.1, -0.05) is 20.8 Å². The van der Waals surface area contributed by atoms with E-state index in [-0.39, 0.29) is 6.61 Å². The molecule has 1 atom stereocenters. The summed E-state index contributed by atoms with van der Waals surface area (Å²) in [6.07, 6.45) is 0.982. The van der Waals surface area contributed by atoms with Crippen LogP contribution < -0.4 is 0 Å². The molecule has 1 aromatic heterocycles. The number of likely N-dealkylation sites (N-methyl/N-ethyl adjacent to an activating group) is 1. The Morgan fingerprint density at radius 2 is 2.09 bits per heavy atom. The molecular weight excluding hydrogens is 298 g/mol. The molecule has 126 valence electrons. The zero-order chi connectivity index (χ0) is 16.3. The molecule has 0 bridgehead atoms. The van der Waals surface area contributed by atoms with Crippen LogP contribution in [-0.4, -0.2) is 62.0 Å². The highest BCUT2D eigenvalue weighted by Crippen LogP contribution is 2.17. The smallest absolute Gasteiger partial charge is 0.199 e. The zero-order valence-electron chi connectivity index (χ0n) is 14.2. The van der Waals surface area contributed by atoms with Gasteiger partial charge in [-0.15, -0.1) is 0 Å². The molecule has 1 saturated heterocycles. The van der Waals surface area contributed by atoms with Gasteiger partial charge in [0, 0.05) is 32.2 Å². The minimum absolute atomic E-state index is 0.0625. The summed E-state index contributed by atoms with van der Waals surface area (Å²) in [5, 5.41) is 14.0. The Balaban J connectivity index is 2.20. The molecule has 0 aliphatic carbocycles. The molecule has 0 aromatic carbocycles. The van der Waals surface area contributed by atoms with Crippen molar-refractivity contribution in [2.24, 2.45) is 5.92 Å². The summed E-state index contributed by atoms with van der Waals surface area (Å²) >= 11 is 5.56. The molecule has 1 unspecified atom stereocenters. The van der Waals surface area contributed by atoms with E-state index >= 15 is 0 Å². The van der Waals surface area contributed by atoms with Crippen LogP contribution >= 0.6 is 12.2 Å². The summed E-state index contributed by atoms with van der Waals surface area (Å²) in [6.45, 7) is 11.3. The molecule has 1 aliphatic rings. The molecule has 6 nitrogen and oxygen atoms in total. The van der Waals surface area contributed by atoms with Crippen molar-refractivity contribution < 1.29 is 5.11 Å². The first kappa shape index (κ1) is 17.6. The molecular formula is C15H29N5OS. The molecule has 1 aromatic rings. The molecule has 0 saturated carbocycles. The number of piperazine rings is 1. The fourth-order valence-electron chi connectivity index (χ4n) is 3.11. The van der Waals surface area contributed by atoms with Crippen molar-refractivity contribution in [1.82, 2.24) is 24.1 Å². The van der Waals surface area contributed by atoms with Gasteiger partial charge in [0.05, 0.1) is 6.67 Å². The predicted octanol–water partition coefficient (Wildman–Crippen LogP) is 1.55. The molecule has 1 fully saturated rings. The zero-order valence-corrected chi connectivity index (χ0v) is 15.0. The van der Waals surface area contributed by atoms with E-state index in [0.717, 1.165) is 32.6 Å². The van der Waals surface area contributed by atoms with Crippen molar-refractivity contribution in [3.63, 3.8) is 0 Å². The van der Waals surface area contributed by atoms with Crippen LogP contribution in [0, 0.1) is 10.7 Å². The lowest BCUT2D eigenvalue weighted by Gasteiger charge is -2.41. The summed E-state index contributed by atoms with van der Waals surface area (Å²) < 4.78 is 4.54. The first-order valence-electron chi connectivity index (χ1n) is 8.17. The Morgan fingerprint density at radius 1 is 1.36 bits per heavy atom. The van der Waals surface area contributed by atoms with Crippen molar-refractivity contribution in [2.45, 2.75) is 53.1 Å². The highest BCUT2D eigenvalue weighted by Gasteiger charge is 2.28. The number of rotatable bonds is 6. The Bertz CT molecular complexity index is 539. The normalized spacial score (nSPS) is 20.9. The van der Waals surface area contributed by atoms with Gasteiger partial charge in [-0.25, -0.2) is 4.68 Å². The number of hydrogen-bond acceptors (Lipinski definition) is 5. The van der Waals surface area contributed by atoms with Crippen LogP contribution in [0.15, 0.2) is 0 Å². The van der Waals surface area contributed by atoms with E-state index in [2.05, 4.69) is 42.7 Å². The molecule has 22 heavy (non-hydrogen) atoms. The highest BCUT2D eigenvalue weighted by molar-refractivity contribution is 7.71. The summed E-state index contributed by atoms with van der Waals surface area (Å²) in [5.74, 6) is 1.26. The second-order valence-electron chi connectivity index (χ2n) is 6.54. The van der Waals surface area contributed by atoms with E-state index in [4.69, 9.17) is 12.2 Å². The average Bonchev–Trinajstić information content (AvgIpc) is 2.78. The number of aliphatic hydroxyl groups is 1. The third kappa shape index (κ3) is 3.76. The monoisotopic (exact) mass is 327 g/mol. The topological polar surface area (TPSA) is 49.5 Å². The van der Waals surface area contributed by atoms with E-state index in [1.54, 1.807) is 0 Å². The van der Waals surface area contributed by atoms with Gasteiger partial charge in [-0.3, -0.25) is 4.90 Å². The van der Waals surface area contributed by atoms with Gasteiger partial charge in [0.15, 0.2) is 10.6 Å². The fraction of sp³-hybridized carbons (Fsp3) is 0.867. The van der Waals surface area contributed by atoms with Crippen molar-refractivity contribution in [3.8, 4) is 0 Å². The predicted molar refractivity (Wildman–Crippen MR) is 90.1 cm³/mol. The average molecular weight is 327 g/mol. The molecule has 1 aliphatic heterocycles. The van der Waals surface area contributed by atoms with Crippen LogP contribution in [0.4, 0.5) is 0 Å². The number of hydrogen-bond donors (Lipinski definition) is 1. The van der Waals surface area contributed by atoms with Gasteiger partial charge in [-0.2, -0.15) is 5.10 Å². The van der Waals surface area contributed by atoms with E-state index in [1.807, 2.05) is 9.25 Å². The van der Waals surface area contributed by atoms with Crippen LogP contribution in [0.1, 0.15) is 33.0 Å². The quantitative estimate of drug-likeness (QED) is 0.803. The Morgan fingerprint density at radius 3 is 2.68 bits per heavy atom.